The van der Waals surface area contributed by atoms with Crippen LogP contribution in [0.2, 0.25) is 0 Å². The van der Waals surface area contributed by atoms with Crippen LogP contribution in [0.15, 0.2) is 30.3 Å². The van der Waals surface area contributed by atoms with Gasteiger partial charge in [-0.05, 0) is 109 Å². The molecule has 2 aromatic carbocycles. The molecule has 1 aliphatic heterocycles. The summed E-state index contributed by atoms with van der Waals surface area (Å²) in [5.41, 5.74) is 4.56. The second-order valence-corrected chi connectivity index (χ2v) is 12.5. The van der Waals surface area contributed by atoms with E-state index in [2.05, 4.69) is 25.2 Å². The van der Waals surface area contributed by atoms with Crippen molar-refractivity contribution in [2.24, 2.45) is 23.2 Å². The highest BCUT2D eigenvalue weighted by molar-refractivity contribution is 5.87. The van der Waals surface area contributed by atoms with Gasteiger partial charge < -0.3 is 19.9 Å². The highest BCUT2D eigenvalue weighted by Crippen LogP contribution is 2.62. The van der Waals surface area contributed by atoms with Crippen molar-refractivity contribution >= 4 is 11.7 Å². The molecule has 6 heteroatoms. The molecule has 2 aromatic rings. The van der Waals surface area contributed by atoms with E-state index in [1.165, 1.54) is 11.1 Å². The number of benzene rings is 2. The van der Waals surface area contributed by atoms with Gasteiger partial charge in [-0.2, -0.15) is 0 Å². The number of hydrogen-bond acceptors (Lipinski definition) is 5. The van der Waals surface area contributed by atoms with Crippen molar-refractivity contribution in [3.8, 4) is 17.2 Å². The number of aromatic hydroxyl groups is 1. The quantitative estimate of drug-likeness (QED) is 0.423. The van der Waals surface area contributed by atoms with Gasteiger partial charge in [-0.3, -0.25) is 9.59 Å². The molecule has 5 atom stereocenters. The number of ether oxygens (including phenoxy) is 2. The molecule has 6 nitrogen and oxygen atoms in total. The molecule has 208 valence electrons. The van der Waals surface area contributed by atoms with Gasteiger partial charge in [-0.25, -0.2) is 0 Å². The largest absolute Gasteiger partial charge is 0.508 e. The number of aryl methyl sites for hydroxylation is 2. The Morgan fingerprint density at radius 2 is 2.00 bits per heavy atom. The molecule has 2 fully saturated rings. The highest BCUT2D eigenvalue weighted by Gasteiger charge is 2.58. The van der Waals surface area contributed by atoms with E-state index in [0.717, 1.165) is 74.0 Å². The van der Waals surface area contributed by atoms with Crippen LogP contribution >= 0.6 is 0 Å². The SMILES string of the molecule is CCCc1cc2c(cc1O)CC[C@H]1[C@@H]3[C@H](CCCC(=O)NCc4ccc5c(c4)OCO5)CC(=O)[C@@]3(C)CC[C@H]21. The lowest BCUT2D eigenvalue weighted by Crippen LogP contribution is -2.44. The minimum Gasteiger partial charge on any atom is -0.508 e. The van der Waals surface area contributed by atoms with Gasteiger partial charge in [0.25, 0.3) is 0 Å². The van der Waals surface area contributed by atoms with E-state index in [9.17, 15) is 14.7 Å². The van der Waals surface area contributed by atoms with Gasteiger partial charge in [-0.1, -0.05) is 32.4 Å². The van der Waals surface area contributed by atoms with Crippen LogP contribution in [0.1, 0.15) is 93.4 Å². The van der Waals surface area contributed by atoms with E-state index < -0.39 is 0 Å². The molecule has 39 heavy (non-hydrogen) atoms. The van der Waals surface area contributed by atoms with Crippen LogP contribution in [0.25, 0.3) is 0 Å². The number of hydrogen-bond donors (Lipinski definition) is 2. The number of rotatable bonds is 8. The van der Waals surface area contributed by atoms with Gasteiger partial charge in [0.2, 0.25) is 12.7 Å². The topological polar surface area (TPSA) is 84.9 Å². The van der Waals surface area contributed by atoms with Crippen molar-refractivity contribution in [1.29, 1.82) is 0 Å². The molecule has 4 aliphatic rings. The Morgan fingerprint density at radius 3 is 2.85 bits per heavy atom. The Balaban J connectivity index is 1.09. The average molecular weight is 532 g/mol. The number of phenols is 1. The van der Waals surface area contributed by atoms with Crippen LogP contribution in [0.5, 0.6) is 17.2 Å². The molecule has 0 radical (unpaired) electrons. The predicted octanol–water partition coefficient (Wildman–Crippen LogP) is 6.21. The first-order chi connectivity index (χ1) is 18.9. The third kappa shape index (κ3) is 4.81. The average Bonchev–Trinajstić information content (AvgIpc) is 3.49. The molecule has 0 aromatic heterocycles. The first kappa shape index (κ1) is 26.2. The van der Waals surface area contributed by atoms with Crippen LogP contribution in [0.3, 0.4) is 0 Å². The van der Waals surface area contributed by atoms with Crippen LogP contribution < -0.4 is 14.8 Å². The fourth-order valence-corrected chi connectivity index (χ4v) is 8.31. The molecule has 0 saturated heterocycles. The first-order valence-electron chi connectivity index (χ1n) is 14.9. The zero-order valence-corrected chi connectivity index (χ0v) is 23.3. The fourth-order valence-electron chi connectivity index (χ4n) is 8.31. The second-order valence-electron chi connectivity index (χ2n) is 12.5. The molecule has 2 saturated carbocycles. The molecule has 0 spiro atoms. The lowest BCUT2D eigenvalue weighted by molar-refractivity contribution is -0.129. The Labute approximate surface area is 231 Å². The van der Waals surface area contributed by atoms with E-state index in [1.54, 1.807) is 0 Å². The molecule has 1 amide bonds. The number of phenolic OH excluding ortho intramolecular Hbond substituents is 1. The smallest absolute Gasteiger partial charge is 0.231 e. The summed E-state index contributed by atoms with van der Waals surface area (Å²) in [5, 5.41) is 13.6. The summed E-state index contributed by atoms with van der Waals surface area (Å²) in [7, 11) is 0. The van der Waals surface area contributed by atoms with Crippen LogP contribution in [-0.2, 0) is 29.0 Å². The van der Waals surface area contributed by atoms with Crippen molar-refractivity contribution in [2.45, 2.75) is 90.5 Å². The van der Waals surface area contributed by atoms with Crippen molar-refractivity contribution in [3.05, 3.63) is 52.6 Å². The molecule has 2 N–H and O–H groups in total. The van der Waals surface area contributed by atoms with E-state index in [4.69, 9.17) is 9.47 Å². The number of nitrogens with one attached hydrogen (secondary N) is 1. The summed E-state index contributed by atoms with van der Waals surface area (Å²) in [6.07, 6.45) is 8.86. The third-order valence-corrected chi connectivity index (χ3v) is 10.2. The third-order valence-electron chi connectivity index (χ3n) is 10.2. The normalized spacial score (nSPS) is 28.5. The van der Waals surface area contributed by atoms with Crippen LogP contribution in [0, 0.1) is 23.2 Å². The summed E-state index contributed by atoms with van der Waals surface area (Å²) in [6, 6.07) is 10.1. The zero-order chi connectivity index (χ0) is 27.1. The maximum Gasteiger partial charge on any atom is 0.231 e. The second kappa shape index (κ2) is 10.5. The lowest BCUT2D eigenvalue weighted by Gasteiger charge is -2.50. The Hall–Kier alpha value is -3.02. The minimum absolute atomic E-state index is 0.0520. The Bertz CT molecular complexity index is 1270. The van der Waals surface area contributed by atoms with Crippen molar-refractivity contribution in [3.63, 3.8) is 0 Å². The van der Waals surface area contributed by atoms with E-state index in [1.807, 2.05) is 24.3 Å². The molecular formula is C33H41NO5. The monoisotopic (exact) mass is 531 g/mol. The lowest BCUT2D eigenvalue weighted by atomic mass is 9.54. The fraction of sp³-hybridized carbons (Fsp3) is 0.576. The number of carbonyl (C=O) groups excluding carboxylic acids is 2. The number of Topliss-reactive ketones (excluding diaryl/α,β-unsaturated/α-hetero) is 1. The number of carbonyl (C=O) groups is 2. The van der Waals surface area contributed by atoms with E-state index in [0.29, 0.717) is 54.6 Å². The molecule has 0 unspecified atom stereocenters. The Morgan fingerprint density at radius 1 is 1.15 bits per heavy atom. The molecule has 6 rings (SSSR count). The van der Waals surface area contributed by atoms with E-state index >= 15 is 0 Å². The summed E-state index contributed by atoms with van der Waals surface area (Å²) in [4.78, 5) is 26.0. The summed E-state index contributed by atoms with van der Waals surface area (Å²) in [5.74, 6) is 4.12. The van der Waals surface area contributed by atoms with Crippen molar-refractivity contribution in [2.75, 3.05) is 6.79 Å². The number of fused-ring (bicyclic) bond motifs is 6. The summed E-state index contributed by atoms with van der Waals surface area (Å²) in [6.45, 7) is 5.09. The summed E-state index contributed by atoms with van der Waals surface area (Å²) >= 11 is 0. The summed E-state index contributed by atoms with van der Waals surface area (Å²) < 4.78 is 10.8. The number of ketones is 1. The van der Waals surface area contributed by atoms with Gasteiger partial charge in [0.15, 0.2) is 11.5 Å². The standard InChI is InChI=1S/C33H41NO5/c1-3-5-22-15-26-21(16-27(22)35)9-10-25-24(26)12-13-33(2)30(36)17-23(32(25)33)6-4-7-31(37)34-18-20-8-11-28-29(14-20)39-19-38-28/h8,11,14-16,23-25,32,35H,3-7,9-10,12-13,17-19H2,1-2H3,(H,34,37)/t23-,24+,25-,32+,33-/m1/s1. The van der Waals surface area contributed by atoms with Gasteiger partial charge in [0.05, 0.1) is 0 Å². The molecular weight excluding hydrogens is 490 g/mol. The van der Waals surface area contributed by atoms with Crippen molar-refractivity contribution in [1.82, 2.24) is 5.32 Å². The first-order valence-corrected chi connectivity index (χ1v) is 14.9. The van der Waals surface area contributed by atoms with Gasteiger partial charge in [0, 0.05) is 24.8 Å². The molecule has 3 aliphatic carbocycles. The predicted molar refractivity (Wildman–Crippen MR) is 149 cm³/mol. The number of amides is 1. The maximum atomic E-state index is 13.4. The zero-order valence-electron chi connectivity index (χ0n) is 23.3. The van der Waals surface area contributed by atoms with Crippen LogP contribution in [0.4, 0.5) is 0 Å². The minimum atomic E-state index is -0.228. The van der Waals surface area contributed by atoms with Crippen LogP contribution in [-0.4, -0.2) is 23.6 Å². The highest BCUT2D eigenvalue weighted by atomic mass is 16.7. The van der Waals surface area contributed by atoms with Gasteiger partial charge in [0.1, 0.15) is 11.5 Å². The van der Waals surface area contributed by atoms with Gasteiger partial charge >= 0.3 is 0 Å². The molecule has 0 bridgehead atoms. The Kier molecular flexibility index (Phi) is 7.07. The maximum absolute atomic E-state index is 13.4. The van der Waals surface area contributed by atoms with Crippen molar-refractivity contribution < 1.29 is 24.2 Å². The van der Waals surface area contributed by atoms with E-state index in [-0.39, 0.29) is 18.1 Å². The van der Waals surface area contributed by atoms with Gasteiger partial charge in [-0.15, -0.1) is 0 Å². The molecule has 1 heterocycles.